The summed E-state index contributed by atoms with van der Waals surface area (Å²) in [5.41, 5.74) is 4.78. The first-order valence-electron chi connectivity index (χ1n) is 11.9. The molecule has 2 aromatic carbocycles. The molecule has 5 nitrogen and oxygen atoms in total. The Morgan fingerprint density at radius 3 is 2.84 bits per heavy atom. The predicted molar refractivity (Wildman–Crippen MR) is 150 cm³/mol. The maximum atomic E-state index is 13.8. The van der Waals surface area contributed by atoms with E-state index in [-0.39, 0.29) is 11.1 Å². The van der Waals surface area contributed by atoms with Crippen molar-refractivity contribution < 1.29 is 9.18 Å². The highest BCUT2D eigenvalue weighted by molar-refractivity contribution is 7.98. The largest absolute Gasteiger partial charge is 0.333 e. The van der Waals surface area contributed by atoms with Crippen molar-refractivity contribution in [3.05, 3.63) is 99.2 Å². The highest BCUT2D eigenvalue weighted by atomic mass is 35.5. The lowest BCUT2D eigenvalue weighted by atomic mass is 10.0. The van der Waals surface area contributed by atoms with Crippen LogP contribution in [0.25, 0.3) is 17.0 Å². The Hall–Kier alpha value is -2.84. The summed E-state index contributed by atoms with van der Waals surface area (Å²) in [5.74, 6) is -0.422. The number of carbonyl (C=O) groups excluding carboxylic acids is 1. The number of benzene rings is 2. The molecule has 0 unspecified atom stereocenters. The molecule has 3 heterocycles. The van der Waals surface area contributed by atoms with E-state index in [0.29, 0.717) is 18.2 Å². The van der Waals surface area contributed by atoms with E-state index in [1.54, 1.807) is 36.2 Å². The van der Waals surface area contributed by atoms with E-state index in [4.69, 9.17) is 23.2 Å². The topological polar surface area (TPSA) is 50.2 Å². The lowest BCUT2D eigenvalue weighted by molar-refractivity contribution is 0.240. The van der Waals surface area contributed by atoms with Gasteiger partial charge in [-0.05, 0) is 65.4 Å². The van der Waals surface area contributed by atoms with Crippen molar-refractivity contribution in [2.24, 2.45) is 0 Å². The van der Waals surface area contributed by atoms with E-state index in [1.165, 1.54) is 11.6 Å². The summed E-state index contributed by atoms with van der Waals surface area (Å²) in [6, 6.07) is 14.5. The molecule has 1 N–H and O–H groups in total. The van der Waals surface area contributed by atoms with Gasteiger partial charge in [0, 0.05) is 54.8 Å². The minimum absolute atomic E-state index is 0.121. The third kappa shape index (κ3) is 5.70. The van der Waals surface area contributed by atoms with Crippen LogP contribution in [0.1, 0.15) is 22.4 Å². The highest BCUT2D eigenvalue weighted by Crippen LogP contribution is 2.33. The van der Waals surface area contributed by atoms with Crippen molar-refractivity contribution in [2.45, 2.75) is 24.4 Å². The summed E-state index contributed by atoms with van der Waals surface area (Å²) in [7, 11) is 0. The van der Waals surface area contributed by atoms with Gasteiger partial charge >= 0.3 is 6.03 Å². The van der Waals surface area contributed by atoms with Crippen LogP contribution in [0.2, 0.25) is 10.2 Å². The van der Waals surface area contributed by atoms with Gasteiger partial charge < -0.3 is 5.32 Å². The first kappa shape index (κ1) is 25.8. The second-order valence-corrected chi connectivity index (χ2v) is 10.5. The second kappa shape index (κ2) is 11.3. The minimum Gasteiger partial charge on any atom is -0.333 e. The molecule has 0 bridgehead atoms. The lowest BCUT2D eigenvalue weighted by Crippen LogP contribution is -2.34. The van der Waals surface area contributed by atoms with Gasteiger partial charge in [0.25, 0.3) is 0 Å². The number of nitrogens with zero attached hydrogens (tertiary/aromatic N) is 3. The molecule has 0 saturated heterocycles. The van der Waals surface area contributed by atoms with Gasteiger partial charge in [0.15, 0.2) is 0 Å². The third-order valence-corrected chi connectivity index (χ3v) is 7.73. The summed E-state index contributed by atoms with van der Waals surface area (Å²) in [6.45, 7) is 2.61. The fourth-order valence-corrected chi connectivity index (χ4v) is 5.43. The number of rotatable bonds is 6. The number of carbonyl (C=O) groups is 1. The number of nitrogens with one attached hydrogen (secondary N) is 1. The number of hydrogen-bond acceptors (Lipinski definition) is 4. The third-order valence-electron chi connectivity index (χ3n) is 6.49. The zero-order valence-corrected chi connectivity index (χ0v) is 22.5. The number of halogens is 3. The highest BCUT2D eigenvalue weighted by Gasteiger charge is 2.26. The number of aromatic nitrogens is 2. The average molecular weight is 556 g/mol. The van der Waals surface area contributed by atoms with Crippen molar-refractivity contribution in [1.82, 2.24) is 19.8 Å². The molecule has 5 rings (SSSR count). The maximum Gasteiger partial charge on any atom is 0.326 e. The van der Waals surface area contributed by atoms with Gasteiger partial charge in [-0.15, -0.1) is 11.8 Å². The molecule has 1 aliphatic heterocycles. The standard InChI is InChI=1S/C28H25Cl2FN4OS/c1-37-20-5-7-25-21(15-20)22-17-34(11-2-3-18-4-6-23(29)24(31)13-18)12-9-26(22)35(25)28(36)33-16-19-8-10-32-27(30)14-19/h2-8,10,13-15H,9,11-12,16-17H2,1H3,(H,33,36). The molecule has 0 atom stereocenters. The second-order valence-electron chi connectivity index (χ2n) is 8.85. The zero-order chi connectivity index (χ0) is 25.9. The SMILES string of the molecule is CSc1ccc2c(c1)c1c(n2C(=O)NCc2ccnc(Cl)c2)CCN(CC=Cc2ccc(Cl)c(F)c2)C1. The minimum atomic E-state index is -0.422. The van der Waals surface area contributed by atoms with Crippen LogP contribution in [0.15, 0.2) is 65.7 Å². The molecular formula is C28H25Cl2FN4OS. The lowest BCUT2D eigenvalue weighted by Gasteiger charge is -2.27. The Morgan fingerprint density at radius 1 is 1.19 bits per heavy atom. The van der Waals surface area contributed by atoms with Gasteiger partial charge in [-0.3, -0.25) is 9.47 Å². The van der Waals surface area contributed by atoms with E-state index < -0.39 is 5.82 Å². The van der Waals surface area contributed by atoms with Gasteiger partial charge in [0.05, 0.1) is 10.5 Å². The van der Waals surface area contributed by atoms with Crippen LogP contribution in [-0.4, -0.2) is 39.8 Å². The average Bonchev–Trinajstić information content (AvgIpc) is 3.22. The Kier molecular flexibility index (Phi) is 7.86. The van der Waals surface area contributed by atoms with Gasteiger partial charge in [0.2, 0.25) is 0 Å². The van der Waals surface area contributed by atoms with E-state index >= 15 is 0 Å². The summed E-state index contributed by atoms with van der Waals surface area (Å²) in [6.07, 6.45) is 8.37. The molecule has 190 valence electrons. The van der Waals surface area contributed by atoms with Gasteiger partial charge in [-0.2, -0.15) is 0 Å². The Labute approximate surface area is 229 Å². The van der Waals surface area contributed by atoms with Crippen LogP contribution in [0.4, 0.5) is 9.18 Å². The van der Waals surface area contributed by atoms with Crippen molar-refractivity contribution in [3.63, 3.8) is 0 Å². The first-order chi connectivity index (χ1) is 17.9. The van der Waals surface area contributed by atoms with E-state index in [9.17, 15) is 9.18 Å². The molecule has 37 heavy (non-hydrogen) atoms. The van der Waals surface area contributed by atoms with Crippen LogP contribution in [0.3, 0.4) is 0 Å². The number of pyridine rings is 1. The van der Waals surface area contributed by atoms with Crippen molar-refractivity contribution in [1.29, 1.82) is 0 Å². The number of amides is 1. The molecule has 0 radical (unpaired) electrons. The summed E-state index contributed by atoms with van der Waals surface area (Å²) in [4.78, 5) is 20.9. The molecule has 0 fully saturated rings. The van der Waals surface area contributed by atoms with E-state index in [2.05, 4.69) is 27.3 Å². The van der Waals surface area contributed by atoms with Gasteiger partial charge in [-0.1, -0.05) is 41.4 Å². The van der Waals surface area contributed by atoms with Crippen LogP contribution >= 0.6 is 35.0 Å². The van der Waals surface area contributed by atoms with Crippen molar-refractivity contribution in [3.8, 4) is 0 Å². The normalized spacial score (nSPS) is 13.8. The van der Waals surface area contributed by atoms with Crippen molar-refractivity contribution >= 4 is 58.0 Å². The number of thioether (sulfide) groups is 1. The molecule has 0 spiro atoms. The Morgan fingerprint density at radius 2 is 2.05 bits per heavy atom. The predicted octanol–water partition coefficient (Wildman–Crippen LogP) is 7.03. The van der Waals surface area contributed by atoms with Gasteiger partial charge in [0.1, 0.15) is 11.0 Å². The van der Waals surface area contributed by atoms with Crippen LogP contribution < -0.4 is 5.32 Å². The molecule has 1 aliphatic rings. The van der Waals surface area contributed by atoms with Crippen LogP contribution in [0.5, 0.6) is 0 Å². The molecule has 4 aromatic rings. The summed E-state index contributed by atoms with van der Waals surface area (Å²) in [5, 5.41) is 4.65. The monoisotopic (exact) mass is 554 g/mol. The van der Waals surface area contributed by atoms with Gasteiger partial charge in [-0.25, -0.2) is 14.2 Å². The fourth-order valence-electron chi connectivity index (χ4n) is 4.67. The Balaban J connectivity index is 1.38. The molecular weight excluding hydrogens is 530 g/mol. The van der Waals surface area contributed by atoms with E-state index in [0.717, 1.165) is 52.1 Å². The molecule has 9 heteroatoms. The smallest absolute Gasteiger partial charge is 0.326 e. The molecule has 0 saturated carbocycles. The number of hydrogen-bond donors (Lipinski definition) is 1. The molecule has 1 amide bonds. The quantitative estimate of drug-likeness (QED) is 0.205. The summed E-state index contributed by atoms with van der Waals surface area (Å²) < 4.78 is 15.6. The number of fused-ring (bicyclic) bond motifs is 3. The summed E-state index contributed by atoms with van der Waals surface area (Å²) >= 11 is 13.5. The Bertz CT molecular complexity index is 1500. The fraction of sp³-hybridized carbons (Fsp3) is 0.214. The molecule has 2 aromatic heterocycles. The maximum absolute atomic E-state index is 13.8. The zero-order valence-electron chi connectivity index (χ0n) is 20.2. The van der Waals surface area contributed by atoms with E-state index in [1.807, 2.05) is 35.1 Å². The van der Waals surface area contributed by atoms with Crippen LogP contribution in [-0.2, 0) is 19.5 Å². The molecule has 0 aliphatic carbocycles. The first-order valence-corrected chi connectivity index (χ1v) is 13.8. The van der Waals surface area contributed by atoms with Crippen LogP contribution in [0, 0.1) is 5.82 Å². The van der Waals surface area contributed by atoms with Crippen molar-refractivity contribution in [2.75, 3.05) is 19.3 Å².